The fourth-order valence-electron chi connectivity index (χ4n) is 2.28. The third-order valence-electron chi connectivity index (χ3n) is 3.38. The summed E-state index contributed by atoms with van der Waals surface area (Å²) in [5.41, 5.74) is 4.14. The number of aliphatic hydroxyl groups is 1. The molecule has 2 aromatic carbocycles. The van der Waals surface area contributed by atoms with E-state index in [9.17, 15) is 9.50 Å². The van der Waals surface area contributed by atoms with Crippen molar-refractivity contribution in [3.8, 4) is 0 Å². The molecular weight excluding hydrogens is 253 g/mol. The Kier molecular flexibility index (Phi) is 4.74. The first-order valence-electron chi connectivity index (χ1n) is 6.81. The van der Waals surface area contributed by atoms with Gasteiger partial charge in [-0.15, -0.1) is 0 Å². The van der Waals surface area contributed by atoms with Gasteiger partial charge in [0.2, 0.25) is 0 Å². The Bertz CT molecular complexity index is 566. The van der Waals surface area contributed by atoms with Gasteiger partial charge in [0.1, 0.15) is 5.82 Å². The van der Waals surface area contributed by atoms with Crippen molar-refractivity contribution >= 4 is 5.69 Å². The average molecular weight is 273 g/mol. The van der Waals surface area contributed by atoms with Gasteiger partial charge in [0.05, 0.1) is 6.10 Å². The molecule has 2 rings (SSSR count). The highest BCUT2D eigenvalue weighted by Crippen LogP contribution is 2.21. The number of rotatable bonds is 5. The number of hydrogen-bond donors (Lipinski definition) is 2. The van der Waals surface area contributed by atoms with Gasteiger partial charge in [-0.05, 0) is 55.7 Å². The monoisotopic (exact) mass is 273 g/mol. The van der Waals surface area contributed by atoms with Gasteiger partial charge in [-0.1, -0.05) is 23.8 Å². The molecule has 0 bridgehead atoms. The maximum Gasteiger partial charge on any atom is 0.123 e. The van der Waals surface area contributed by atoms with E-state index in [-0.39, 0.29) is 5.82 Å². The summed E-state index contributed by atoms with van der Waals surface area (Å²) in [6.07, 6.45) is 0.130. The van der Waals surface area contributed by atoms with E-state index in [0.717, 1.165) is 16.8 Å². The topological polar surface area (TPSA) is 32.3 Å². The van der Waals surface area contributed by atoms with Gasteiger partial charge >= 0.3 is 0 Å². The highest BCUT2D eigenvalue weighted by molar-refractivity contribution is 5.42. The first-order valence-corrected chi connectivity index (χ1v) is 6.81. The third kappa shape index (κ3) is 3.81. The summed E-state index contributed by atoms with van der Waals surface area (Å²) in [5, 5.41) is 13.4. The molecule has 0 saturated heterocycles. The van der Waals surface area contributed by atoms with Crippen LogP contribution in [-0.2, 0) is 0 Å². The summed E-state index contributed by atoms with van der Waals surface area (Å²) in [4.78, 5) is 0. The molecule has 0 aliphatic carbocycles. The van der Waals surface area contributed by atoms with Crippen LogP contribution in [0.3, 0.4) is 0 Å². The van der Waals surface area contributed by atoms with Gasteiger partial charge in [0.15, 0.2) is 0 Å². The van der Waals surface area contributed by atoms with Crippen molar-refractivity contribution in [1.82, 2.24) is 0 Å². The summed E-state index contributed by atoms with van der Waals surface area (Å²) >= 11 is 0. The van der Waals surface area contributed by atoms with Gasteiger partial charge in [0, 0.05) is 12.2 Å². The standard InChI is InChI=1S/C17H20FNO/c1-12-3-8-16(13(2)11-12)17(20)9-10-19-15-6-4-14(18)5-7-15/h3-8,11,17,19-20H,9-10H2,1-2H3. The average Bonchev–Trinajstić information content (AvgIpc) is 2.41. The van der Waals surface area contributed by atoms with Gasteiger partial charge in [-0.25, -0.2) is 4.39 Å². The second kappa shape index (κ2) is 6.53. The summed E-state index contributed by atoms with van der Waals surface area (Å²) in [6, 6.07) is 12.3. The predicted octanol–water partition coefficient (Wildman–Crippen LogP) is 3.98. The molecule has 2 aromatic rings. The number of hydrogen-bond acceptors (Lipinski definition) is 2. The van der Waals surface area contributed by atoms with Crippen LogP contribution >= 0.6 is 0 Å². The normalized spacial score (nSPS) is 12.2. The minimum absolute atomic E-state index is 0.245. The highest BCUT2D eigenvalue weighted by Gasteiger charge is 2.09. The molecule has 0 radical (unpaired) electrons. The van der Waals surface area contributed by atoms with E-state index in [4.69, 9.17) is 0 Å². The molecule has 0 amide bonds. The van der Waals surface area contributed by atoms with E-state index in [1.165, 1.54) is 17.7 Å². The van der Waals surface area contributed by atoms with E-state index in [1.54, 1.807) is 12.1 Å². The van der Waals surface area contributed by atoms with Crippen LogP contribution in [-0.4, -0.2) is 11.7 Å². The molecule has 0 aliphatic heterocycles. The summed E-state index contributed by atoms with van der Waals surface area (Å²) < 4.78 is 12.8. The van der Waals surface area contributed by atoms with Crippen LogP contribution in [0.4, 0.5) is 10.1 Å². The molecule has 106 valence electrons. The van der Waals surface area contributed by atoms with E-state index >= 15 is 0 Å². The Hall–Kier alpha value is -1.87. The second-order valence-corrected chi connectivity index (χ2v) is 5.10. The van der Waals surface area contributed by atoms with E-state index < -0.39 is 6.10 Å². The fraction of sp³-hybridized carbons (Fsp3) is 0.294. The van der Waals surface area contributed by atoms with Gasteiger partial charge in [0.25, 0.3) is 0 Å². The molecule has 0 aromatic heterocycles. The van der Waals surface area contributed by atoms with Crippen molar-refractivity contribution < 1.29 is 9.50 Å². The van der Waals surface area contributed by atoms with Crippen LogP contribution in [0.2, 0.25) is 0 Å². The largest absolute Gasteiger partial charge is 0.388 e. The Morgan fingerprint density at radius 1 is 1.10 bits per heavy atom. The molecule has 0 aliphatic rings. The quantitative estimate of drug-likeness (QED) is 0.863. The predicted molar refractivity (Wildman–Crippen MR) is 80.4 cm³/mol. The summed E-state index contributed by atoms with van der Waals surface area (Å²) in [5.74, 6) is -0.245. The van der Waals surface area contributed by atoms with Crippen molar-refractivity contribution in [2.75, 3.05) is 11.9 Å². The Labute approximate surface area is 119 Å². The molecule has 0 spiro atoms. The minimum atomic E-state index is -0.483. The van der Waals surface area contributed by atoms with Gasteiger partial charge in [-0.3, -0.25) is 0 Å². The number of aliphatic hydroxyl groups excluding tert-OH is 1. The molecule has 0 saturated carbocycles. The van der Waals surface area contributed by atoms with Crippen LogP contribution in [0.15, 0.2) is 42.5 Å². The minimum Gasteiger partial charge on any atom is -0.388 e. The molecule has 0 fully saturated rings. The van der Waals surface area contributed by atoms with Gasteiger partial charge in [-0.2, -0.15) is 0 Å². The third-order valence-corrected chi connectivity index (χ3v) is 3.38. The van der Waals surface area contributed by atoms with Crippen molar-refractivity contribution in [1.29, 1.82) is 0 Å². The van der Waals surface area contributed by atoms with Gasteiger partial charge < -0.3 is 10.4 Å². The lowest BCUT2D eigenvalue weighted by molar-refractivity contribution is 0.171. The fourth-order valence-corrected chi connectivity index (χ4v) is 2.28. The Balaban J connectivity index is 1.88. The van der Waals surface area contributed by atoms with Crippen LogP contribution < -0.4 is 5.32 Å². The maximum atomic E-state index is 12.8. The molecule has 2 nitrogen and oxygen atoms in total. The lowest BCUT2D eigenvalue weighted by atomic mass is 9.99. The Morgan fingerprint density at radius 2 is 1.80 bits per heavy atom. The smallest absolute Gasteiger partial charge is 0.123 e. The number of benzene rings is 2. The van der Waals surface area contributed by atoms with E-state index in [1.807, 2.05) is 26.0 Å². The molecule has 0 heterocycles. The van der Waals surface area contributed by atoms with Crippen molar-refractivity contribution in [2.24, 2.45) is 0 Å². The first kappa shape index (κ1) is 14.5. The Morgan fingerprint density at radius 3 is 2.45 bits per heavy atom. The number of nitrogens with one attached hydrogen (secondary N) is 1. The SMILES string of the molecule is Cc1ccc(C(O)CCNc2ccc(F)cc2)c(C)c1. The molecule has 2 N–H and O–H groups in total. The molecule has 3 heteroatoms. The van der Waals surface area contributed by atoms with Crippen LogP contribution in [0.1, 0.15) is 29.2 Å². The first-order chi connectivity index (χ1) is 9.56. The van der Waals surface area contributed by atoms with Crippen molar-refractivity contribution in [3.05, 3.63) is 65.0 Å². The van der Waals surface area contributed by atoms with Crippen molar-refractivity contribution in [3.63, 3.8) is 0 Å². The maximum absolute atomic E-state index is 12.8. The summed E-state index contributed by atoms with van der Waals surface area (Å²) in [6.45, 7) is 4.69. The van der Waals surface area contributed by atoms with Crippen molar-refractivity contribution in [2.45, 2.75) is 26.4 Å². The molecule has 1 unspecified atom stereocenters. The van der Waals surface area contributed by atoms with Crippen LogP contribution in [0.5, 0.6) is 0 Å². The van der Waals surface area contributed by atoms with Crippen LogP contribution in [0.25, 0.3) is 0 Å². The second-order valence-electron chi connectivity index (χ2n) is 5.10. The van der Waals surface area contributed by atoms with Crippen LogP contribution in [0, 0.1) is 19.7 Å². The zero-order valence-corrected chi connectivity index (χ0v) is 11.9. The number of anilines is 1. The highest BCUT2D eigenvalue weighted by atomic mass is 19.1. The zero-order chi connectivity index (χ0) is 14.5. The number of halogens is 1. The summed E-state index contributed by atoms with van der Waals surface area (Å²) in [7, 11) is 0. The molecule has 1 atom stereocenters. The van der Waals surface area contributed by atoms with E-state index in [2.05, 4.69) is 11.4 Å². The molecular formula is C17H20FNO. The molecule has 20 heavy (non-hydrogen) atoms. The zero-order valence-electron chi connectivity index (χ0n) is 11.9. The lowest BCUT2D eigenvalue weighted by Crippen LogP contribution is -2.08. The number of aryl methyl sites for hydroxylation is 2. The van der Waals surface area contributed by atoms with E-state index in [0.29, 0.717) is 13.0 Å². The lowest BCUT2D eigenvalue weighted by Gasteiger charge is -2.15.